The highest BCUT2D eigenvalue weighted by molar-refractivity contribution is 6.32. The number of rotatable bonds is 7. The molecule has 0 N–H and O–H groups in total. The molecule has 0 atom stereocenters. The number of hydrogen-bond donors (Lipinski definition) is 0. The molecule has 0 amide bonds. The van der Waals surface area contributed by atoms with Crippen molar-refractivity contribution >= 4 is 28.9 Å². The Kier molecular flexibility index (Phi) is 6.89. The quantitative estimate of drug-likeness (QED) is 0.265. The molecule has 0 unspecified atom stereocenters. The average molecular weight is 500 g/mol. The maximum absolute atomic E-state index is 13.8. The molecule has 0 radical (unpaired) electrons. The minimum atomic E-state index is -4.11. The van der Waals surface area contributed by atoms with Gasteiger partial charge >= 0.3 is 11.1 Å². The molecule has 0 saturated carbocycles. The van der Waals surface area contributed by atoms with Crippen LogP contribution in [0.2, 0.25) is 5.02 Å². The number of nitro benzene ring substituents is 1. The SMILES string of the molecule is CCn1c(C(F)(F)Cl)c(Cl)c(=O)n(-c2ccc(OCc3cccc(C)c3)cc2[N+](=O)[O-])c1=O. The van der Waals surface area contributed by atoms with E-state index in [1.807, 2.05) is 31.2 Å². The highest BCUT2D eigenvalue weighted by Crippen LogP contribution is 2.35. The number of benzene rings is 2. The molecule has 12 heteroatoms. The molecule has 0 aliphatic heterocycles. The van der Waals surface area contributed by atoms with Crippen molar-refractivity contribution in [3.63, 3.8) is 0 Å². The number of alkyl halides is 3. The fourth-order valence-electron chi connectivity index (χ4n) is 3.30. The number of nitrogens with zero attached hydrogens (tertiary/aromatic N) is 3. The van der Waals surface area contributed by atoms with E-state index < -0.39 is 43.6 Å². The molecular formula is C21H17Cl2F2N3O5. The van der Waals surface area contributed by atoms with Gasteiger partial charge in [0.15, 0.2) is 0 Å². The lowest BCUT2D eigenvalue weighted by Gasteiger charge is -2.18. The van der Waals surface area contributed by atoms with Crippen molar-refractivity contribution in [3.05, 3.63) is 95.3 Å². The molecule has 0 saturated heterocycles. The van der Waals surface area contributed by atoms with Crippen LogP contribution < -0.4 is 16.0 Å². The lowest BCUT2D eigenvalue weighted by atomic mass is 10.1. The number of halogens is 4. The minimum Gasteiger partial charge on any atom is -0.489 e. The molecule has 0 aliphatic rings. The van der Waals surface area contributed by atoms with Crippen LogP contribution in [0.4, 0.5) is 14.5 Å². The van der Waals surface area contributed by atoms with Crippen LogP contribution in [0.5, 0.6) is 5.75 Å². The Morgan fingerprint density at radius 3 is 2.45 bits per heavy atom. The number of aryl methyl sites for hydroxylation is 1. The summed E-state index contributed by atoms with van der Waals surface area (Å²) in [6, 6.07) is 10.9. The first kappa shape index (κ1) is 24.4. The van der Waals surface area contributed by atoms with E-state index in [0.29, 0.717) is 9.13 Å². The zero-order valence-corrected chi connectivity index (χ0v) is 18.9. The van der Waals surface area contributed by atoms with Gasteiger partial charge in [-0.1, -0.05) is 41.4 Å². The van der Waals surface area contributed by atoms with Gasteiger partial charge in [-0.2, -0.15) is 8.78 Å². The van der Waals surface area contributed by atoms with Gasteiger partial charge in [-0.3, -0.25) is 19.5 Å². The first-order valence-corrected chi connectivity index (χ1v) is 10.3. The van der Waals surface area contributed by atoms with Crippen molar-refractivity contribution in [1.29, 1.82) is 0 Å². The number of nitro groups is 1. The first-order chi connectivity index (χ1) is 15.5. The molecule has 0 fully saturated rings. The lowest BCUT2D eigenvalue weighted by molar-refractivity contribution is -0.384. The Hall–Kier alpha value is -3.24. The summed E-state index contributed by atoms with van der Waals surface area (Å²) in [5.74, 6) is 0.103. The van der Waals surface area contributed by atoms with Crippen molar-refractivity contribution in [2.24, 2.45) is 0 Å². The Labute approximate surface area is 195 Å². The van der Waals surface area contributed by atoms with E-state index in [1.54, 1.807) is 0 Å². The minimum absolute atomic E-state index is 0.103. The predicted molar refractivity (Wildman–Crippen MR) is 119 cm³/mol. The van der Waals surface area contributed by atoms with Crippen LogP contribution in [0.15, 0.2) is 52.1 Å². The molecule has 33 heavy (non-hydrogen) atoms. The van der Waals surface area contributed by atoms with Crippen molar-refractivity contribution in [3.8, 4) is 11.4 Å². The third kappa shape index (κ3) is 4.91. The van der Waals surface area contributed by atoms with Gasteiger partial charge in [0.05, 0.1) is 11.0 Å². The summed E-state index contributed by atoms with van der Waals surface area (Å²) >= 11 is 10.9. The summed E-state index contributed by atoms with van der Waals surface area (Å²) in [7, 11) is 0. The third-order valence-electron chi connectivity index (χ3n) is 4.75. The summed E-state index contributed by atoms with van der Waals surface area (Å²) in [5.41, 5.74) is -3.07. The fourth-order valence-corrected chi connectivity index (χ4v) is 3.85. The van der Waals surface area contributed by atoms with E-state index in [4.69, 9.17) is 27.9 Å². The number of hydrogen-bond acceptors (Lipinski definition) is 5. The monoisotopic (exact) mass is 499 g/mol. The van der Waals surface area contributed by atoms with E-state index in [1.165, 1.54) is 13.0 Å². The van der Waals surface area contributed by atoms with Crippen LogP contribution in [0.3, 0.4) is 0 Å². The van der Waals surface area contributed by atoms with E-state index in [9.17, 15) is 28.5 Å². The molecule has 3 aromatic rings. The summed E-state index contributed by atoms with van der Waals surface area (Å²) in [6.45, 7) is 3.06. The highest BCUT2D eigenvalue weighted by atomic mass is 35.5. The number of aromatic nitrogens is 2. The molecule has 0 aliphatic carbocycles. The maximum Gasteiger partial charge on any atom is 0.364 e. The van der Waals surface area contributed by atoms with Crippen LogP contribution in [-0.4, -0.2) is 14.1 Å². The molecule has 0 bridgehead atoms. The smallest absolute Gasteiger partial charge is 0.364 e. The molecule has 1 heterocycles. The first-order valence-electron chi connectivity index (χ1n) is 9.55. The van der Waals surface area contributed by atoms with Gasteiger partial charge in [0, 0.05) is 6.54 Å². The van der Waals surface area contributed by atoms with E-state index in [-0.39, 0.29) is 18.9 Å². The zero-order valence-electron chi connectivity index (χ0n) is 17.4. The number of ether oxygens (including phenoxy) is 1. The van der Waals surface area contributed by atoms with Crippen molar-refractivity contribution in [2.75, 3.05) is 0 Å². The Morgan fingerprint density at radius 1 is 1.18 bits per heavy atom. The molecular weight excluding hydrogens is 483 g/mol. The van der Waals surface area contributed by atoms with Crippen molar-refractivity contribution in [1.82, 2.24) is 9.13 Å². The summed E-state index contributed by atoms with van der Waals surface area (Å²) in [5, 5.41) is 6.58. The predicted octanol–water partition coefficient (Wildman–Crippen LogP) is 4.76. The van der Waals surface area contributed by atoms with Gasteiger partial charge in [0.2, 0.25) is 0 Å². The van der Waals surface area contributed by atoms with Crippen molar-refractivity contribution in [2.45, 2.75) is 32.4 Å². The van der Waals surface area contributed by atoms with Gasteiger partial charge in [0.25, 0.3) is 11.2 Å². The van der Waals surface area contributed by atoms with Gasteiger partial charge in [0.1, 0.15) is 28.8 Å². The van der Waals surface area contributed by atoms with Crippen molar-refractivity contribution < 1.29 is 18.4 Å². The Balaban J connectivity index is 2.13. The van der Waals surface area contributed by atoms with Crippen LogP contribution in [-0.2, 0) is 18.5 Å². The van der Waals surface area contributed by atoms with Crippen LogP contribution in [0.25, 0.3) is 5.69 Å². The van der Waals surface area contributed by atoms with Crippen LogP contribution >= 0.6 is 23.2 Å². The molecule has 8 nitrogen and oxygen atoms in total. The normalized spacial score (nSPS) is 11.5. The van der Waals surface area contributed by atoms with Gasteiger partial charge < -0.3 is 4.74 Å². The second-order valence-electron chi connectivity index (χ2n) is 7.01. The van der Waals surface area contributed by atoms with Gasteiger partial charge in [-0.05, 0) is 43.1 Å². The van der Waals surface area contributed by atoms with E-state index in [0.717, 1.165) is 23.3 Å². The van der Waals surface area contributed by atoms with Gasteiger partial charge in [-0.15, -0.1) is 0 Å². The molecule has 3 rings (SSSR count). The topological polar surface area (TPSA) is 96.4 Å². The van der Waals surface area contributed by atoms with Crippen LogP contribution in [0.1, 0.15) is 23.7 Å². The van der Waals surface area contributed by atoms with E-state index in [2.05, 4.69) is 0 Å². The largest absolute Gasteiger partial charge is 0.489 e. The maximum atomic E-state index is 13.8. The highest BCUT2D eigenvalue weighted by Gasteiger charge is 2.37. The Bertz CT molecular complexity index is 1350. The molecule has 1 aromatic heterocycles. The lowest BCUT2D eigenvalue weighted by Crippen LogP contribution is -2.42. The fraction of sp³-hybridized carbons (Fsp3) is 0.238. The van der Waals surface area contributed by atoms with E-state index >= 15 is 0 Å². The zero-order chi connectivity index (χ0) is 24.5. The summed E-state index contributed by atoms with van der Waals surface area (Å²) in [4.78, 5) is 36.4. The second-order valence-corrected chi connectivity index (χ2v) is 7.87. The third-order valence-corrected chi connectivity index (χ3v) is 5.27. The molecule has 0 spiro atoms. The molecule has 2 aromatic carbocycles. The second kappa shape index (κ2) is 9.32. The standard InChI is InChI=1S/C21H17Cl2F2N3O5/c1-3-26-18(21(23,24)25)17(22)19(29)27(20(26)30)15-8-7-14(10-16(15)28(31)32)33-11-13-6-4-5-12(2)9-13/h4-10H,3,11H2,1-2H3. The average Bonchev–Trinajstić information content (AvgIpc) is 2.74. The summed E-state index contributed by atoms with van der Waals surface area (Å²) in [6.07, 6.45) is 0. The summed E-state index contributed by atoms with van der Waals surface area (Å²) < 4.78 is 34.1. The molecule has 174 valence electrons. The van der Waals surface area contributed by atoms with Gasteiger partial charge in [-0.25, -0.2) is 9.36 Å². The Morgan fingerprint density at radius 2 is 1.88 bits per heavy atom. The van der Waals surface area contributed by atoms with Crippen LogP contribution in [0, 0.1) is 17.0 Å².